The number of fused-ring (bicyclic) bond motifs is 1. The van der Waals surface area contributed by atoms with Gasteiger partial charge in [-0.15, -0.1) is 0 Å². The third kappa shape index (κ3) is 5.18. The summed E-state index contributed by atoms with van der Waals surface area (Å²) in [6, 6.07) is 5.70. The summed E-state index contributed by atoms with van der Waals surface area (Å²) in [7, 11) is 1.77. The number of hydrogen-bond donors (Lipinski definition) is 4. The molecule has 31 heavy (non-hydrogen) atoms. The molecule has 1 heterocycles. The number of benzene rings is 1. The fourth-order valence-corrected chi connectivity index (χ4v) is 4.39. The number of aromatic nitrogens is 1. The Labute approximate surface area is 182 Å². The highest BCUT2D eigenvalue weighted by molar-refractivity contribution is 5.99. The van der Waals surface area contributed by atoms with Crippen molar-refractivity contribution in [1.82, 2.24) is 15.2 Å². The number of nitrogens with two attached hydrogens (primary N) is 1. The predicted molar refractivity (Wildman–Crippen MR) is 118 cm³/mol. The molecule has 0 radical (unpaired) electrons. The number of phenols is 1. The van der Waals surface area contributed by atoms with Gasteiger partial charge in [0.25, 0.3) is 5.91 Å². The minimum atomic E-state index is -0.711. The van der Waals surface area contributed by atoms with Gasteiger partial charge >= 0.3 is 0 Å². The largest absolute Gasteiger partial charge is 0.508 e. The minimum Gasteiger partial charge on any atom is -0.508 e. The number of rotatable bonds is 7. The molecule has 1 fully saturated rings. The van der Waals surface area contributed by atoms with Crippen molar-refractivity contribution in [2.24, 2.45) is 24.6 Å². The van der Waals surface area contributed by atoms with Crippen molar-refractivity contribution in [3.05, 3.63) is 30.0 Å². The van der Waals surface area contributed by atoms with Crippen LogP contribution in [0.4, 0.5) is 0 Å². The molecule has 8 heteroatoms. The van der Waals surface area contributed by atoms with E-state index in [1.165, 1.54) is 0 Å². The fourth-order valence-electron chi connectivity index (χ4n) is 4.39. The number of carbonyl (C=O) groups excluding carboxylic acids is 3. The molecule has 1 saturated carbocycles. The zero-order valence-corrected chi connectivity index (χ0v) is 18.4. The van der Waals surface area contributed by atoms with E-state index in [-0.39, 0.29) is 29.5 Å². The van der Waals surface area contributed by atoms with E-state index < -0.39 is 17.9 Å². The summed E-state index contributed by atoms with van der Waals surface area (Å²) in [5.41, 5.74) is 6.68. The summed E-state index contributed by atoms with van der Waals surface area (Å²) >= 11 is 0. The number of aromatic hydroxyl groups is 1. The zero-order chi connectivity index (χ0) is 22.7. The highest BCUT2D eigenvalue weighted by Crippen LogP contribution is 2.27. The van der Waals surface area contributed by atoms with Crippen LogP contribution in [0.2, 0.25) is 0 Å². The lowest BCUT2D eigenvalue weighted by atomic mass is 9.83. The number of aryl methyl sites for hydroxylation is 1. The third-order valence-electron chi connectivity index (χ3n) is 6.05. The molecule has 1 aliphatic rings. The maximum Gasteiger partial charge on any atom is 0.268 e. The Hall–Kier alpha value is -3.03. The number of primary amides is 1. The molecule has 0 aliphatic heterocycles. The van der Waals surface area contributed by atoms with Gasteiger partial charge in [0.05, 0.1) is 11.4 Å². The first kappa shape index (κ1) is 22.7. The van der Waals surface area contributed by atoms with Crippen LogP contribution >= 0.6 is 0 Å². The number of hydrogen-bond acceptors (Lipinski definition) is 4. The molecular weight excluding hydrogens is 396 g/mol. The molecule has 0 bridgehead atoms. The molecule has 5 N–H and O–H groups in total. The van der Waals surface area contributed by atoms with Crippen LogP contribution in [0, 0.1) is 11.8 Å². The Kier molecular flexibility index (Phi) is 6.87. The first-order valence-electron chi connectivity index (χ1n) is 10.9. The summed E-state index contributed by atoms with van der Waals surface area (Å²) in [6.07, 6.45) is 3.63. The Balaban J connectivity index is 1.75. The summed E-state index contributed by atoms with van der Waals surface area (Å²) in [5.74, 6) is -1.11. The molecule has 3 rings (SSSR count). The molecule has 3 unspecified atom stereocenters. The van der Waals surface area contributed by atoms with E-state index in [0.29, 0.717) is 25.0 Å². The maximum absolute atomic E-state index is 13.0. The van der Waals surface area contributed by atoms with E-state index in [4.69, 9.17) is 5.73 Å². The number of amides is 3. The van der Waals surface area contributed by atoms with Crippen molar-refractivity contribution in [3.8, 4) is 5.75 Å². The summed E-state index contributed by atoms with van der Waals surface area (Å²) < 4.78 is 1.73. The first-order valence-corrected chi connectivity index (χ1v) is 10.9. The second kappa shape index (κ2) is 9.41. The normalized spacial score (nSPS) is 19.9. The molecule has 1 aromatic carbocycles. The minimum absolute atomic E-state index is 0.134. The van der Waals surface area contributed by atoms with Gasteiger partial charge in [-0.3, -0.25) is 14.4 Å². The van der Waals surface area contributed by atoms with Crippen LogP contribution in [-0.4, -0.2) is 39.5 Å². The SMILES string of the molecule is CC(C)CC(NC(=O)C1CCCCC1NC(=O)c1cc2ccc(O)cc2n1C)C(N)=O. The van der Waals surface area contributed by atoms with E-state index >= 15 is 0 Å². The molecule has 3 atom stereocenters. The van der Waals surface area contributed by atoms with Gasteiger partial charge in [-0.2, -0.15) is 0 Å². The van der Waals surface area contributed by atoms with E-state index in [2.05, 4.69) is 10.6 Å². The average Bonchev–Trinajstić information content (AvgIpc) is 3.03. The molecule has 3 amide bonds. The van der Waals surface area contributed by atoms with E-state index in [1.54, 1.807) is 35.9 Å². The van der Waals surface area contributed by atoms with Gasteiger partial charge in [0.15, 0.2) is 0 Å². The Morgan fingerprint density at radius 3 is 2.58 bits per heavy atom. The van der Waals surface area contributed by atoms with Crippen LogP contribution in [0.5, 0.6) is 5.75 Å². The van der Waals surface area contributed by atoms with Crippen LogP contribution in [0.25, 0.3) is 10.9 Å². The standard InChI is InChI=1S/C23H32N4O4/c1-13(2)10-18(21(24)29)26-22(30)16-6-4-5-7-17(16)25-23(31)20-11-14-8-9-15(28)12-19(14)27(20)3/h8-9,11-13,16-18,28H,4-7,10H2,1-3H3,(H2,24,29)(H,25,31)(H,26,30). The van der Waals surface area contributed by atoms with Crippen LogP contribution in [0.15, 0.2) is 24.3 Å². The topological polar surface area (TPSA) is 126 Å². The second-order valence-corrected chi connectivity index (χ2v) is 8.90. The quantitative estimate of drug-likeness (QED) is 0.539. The molecule has 1 aromatic heterocycles. The van der Waals surface area contributed by atoms with Crippen LogP contribution in [0.1, 0.15) is 56.4 Å². The number of nitrogens with one attached hydrogen (secondary N) is 2. The summed E-state index contributed by atoms with van der Waals surface area (Å²) in [4.78, 5) is 37.8. The van der Waals surface area contributed by atoms with Crippen molar-refractivity contribution in [1.29, 1.82) is 0 Å². The third-order valence-corrected chi connectivity index (χ3v) is 6.05. The van der Waals surface area contributed by atoms with E-state index in [0.717, 1.165) is 23.7 Å². The monoisotopic (exact) mass is 428 g/mol. The summed E-state index contributed by atoms with van der Waals surface area (Å²) in [6.45, 7) is 3.94. The molecular formula is C23H32N4O4. The molecule has 2 aromatic rings. The number of carbonyl (C=O) groups is 3. The molecule has 168 valence electrons. The van der Waals surface area contributed by atoms with Crippen molar-refractivity contribution in [3.63, 3.8) is 0 Å². The van der Waals surface area contributed by atoms with Gasteiger partial charge in [-0.1, -0.05) is 26.7 Å². The summed E-state index contributed by atoms with van der Waals surface area (Å²) in [5, 5.41) is 16.4. The Morgan fingerprint density at radius 2 is 1.90 bits per heavy atom. The van der Waals surface area contributed by atoms with Crippen molar-refractivity contribution in [2.75, 3.05) is 0 Å². The average molecular weight is 429 g/mol. The maximum atomic E-state index is 13.0. The highest BCUT2D eigenvalue weighted by atomic mass is 16.3. The van der Waals surface area contributed by atoms with Gasteiger partial charge in [-0.05, 0) is 43.4 Å². The Bertz CT molecular complexity index is 981. The fraction of sp³-hybridized carbons (Fsp3) is 0.522. The van der Waals surface area contributed by atoms with Crippen molar-refractivity contribution in [2.45, 2.75) is 58.0 Å². The van der Waals surface area contributed by atoms with Gasteiger partial charge in [-0.25, -0.2) is 0 Å². The highest BCUT2D eigenvalue weighted by Gasteiger charge is 2.34. The van der Waals surface area contributed by atoms with E-state index in [9.17, 15) is 19.5 Å². The zero-order valence-electron chi connectivity index (χ0n) is 18.4. The lowest BCUT2D eigenvalue weighted by Gasteiger charge is -2.32. The Morgan fingerprint density at radius 1 is 1.19 bits per heavy atom. The van der Waals surface area contributed by atoms with Crippen LogP contribution in [0.3, 0.4) is 0 Å². The molecule has 8 nitrogen and oxygen atoms in total. The predicted octanol–water partition coefficient (Wildman–Crippen LogP) is 2.19. The number of nitrogens with zero attached hydrogens (tertiary/aromatic N) is 1. The van der Waals surface area contributed by atoms with Crippen molar-refractivity contribution >= 4 is 28.6 Å². The van der Waals surface area contributed by atoms with Crippen molar-refractivity contribution < 1.29 is 19.5 Å². The molecule has 0 saturated heterocycles. The van der Waals surface area contributed by atoms with Gasteiger partial charge in [0.2, 0.25) is 11.8 Å². The lowest BCUT2D eigenvalue weighted by Crippen LogP contribution is -2.53. The smallest absolute Gasteiger partial charge is 0.268 e. The molecule has 0 spiro atoms. The molecule has 1 aliphatic carbocycles. The van der Waals surface area contributed by atoms with E-state index in [1.807, 2.05) is 13.8 Å². The first-order chi connectivity index (χ1) is 14.7. The van der Waals surface area contributed by atoms with Crippen LogP contribution in [-0.2, 0) is 16.6 Å². The number of phenolic OH excluding ortho intramolecular Hbond substituents is 1. The van der Waals surface area contributed by atoms with Gasteiger partial charge < -0.3 is 26.0 Å². The second-order valence-electron chi connectivity index (χ2n) is 8.90. The van der Waals surface area contributed by atoms with Gasteiger partial charge in [0.1, 0.15) is 17.5 Å². The van der Waals surface area contributed by atoms with Crippen LogP contribution < -0.4 is 16.4 Å². The van der Waals surface area contributed by atoms with Gasteiger partial charge in [0, 0.05) is 24.5 Å². The lowest BCUT2D eigenvalue weighted by molar-refractivity contribution is -0.131.